The molecule has 0 bridgehead atoms. The van der Waals surface area contributed by atoms with Crippen molar-refractivity contribution in [3.63, 3.8) is 0 Å². The topological polar surface area (TPSA) is 64.6 Å². The van der Waals surface area contributed by atoms with Crippen molar-refractivity contribution in [2.24, 2.45) is 5.92 Å². The number of carbonyl (C=O) groups is 2. The number of ether oxygens (including phenoxy) is 2. The molecule has 0 unspecified atom stereocenters. The lowest BCUT2D eigenvalue weighted by molar-refractivity contribution is -0.124. The fraction of sp³-hybridized carbons (Fsp3) is 0.900. The molecule has 1 saturated carbocycles. The molecule has 0 aromatic rings. The molecule has 1 aliphatic rings. The van der Waals surface area contributed by atoms with Crippen LogP contribution in [0.5, 0.6) is 0 Å². The van der Waals surface area contributed by atoms with E-state index in [1.54, 1.807) is 0 Å². The van der Waals surface area contributed by atoms with Crippen molar-refractivity contribution >= 4 is 11.7 Å². The summed E-state index contributed by atoms with van der Waals surface area (Å²) in [5, 5.41) is 3.09. The average Bonchev–Trinajstić information content (AvgIpc) is 2.65. The second-order valence-electron chi connectivity index (χ2n) is 6.20. The Kier molecular flexibility index (Phi) is 15.9. The Morgan fingerprint density at radius 3 is 2.12 bits per heavy atom. The molecular weight excluding hydrogens is 318 g/mol. The van der Waals surface area contributed by atoms with Crippen molar-refractivity contribution in [2.45, 2.75) is 85.1 Å². The van der Waals surface area contributed by atoms with E-state index in [2.05, 4.69) is 5.32 Å². The Morgan fingerprint density at radius 1 is 0.920 bits per heavy atom. The summed E-state index contributed by atoms with van der Waals surface area (Å²) in [6.07, 6.45) is 6.49. The molecule has 5 heteroatoms. The molecule has 0 spiro atoms. The minimum absolute atomic E-state index is 0.105. The van der Waals surface area contributed by atoms with Gasteiger partial charge in [0.15, 0.2) is 0 Å². The summed E-state index contributed by atoms with van der Waals surface area (Å²) in [5.74, 6) is 0.697. The summed E-state index contributed by atoms with van der Waals surface area (Å²) in [6.45, 7) is 10.7. The van der Waals surface area contributed by atoms with Gasteiger partial charge in [0.05, 0.1) is 0 Å². The quantitative estimate of drug-likeness (QED) is 0.538. The number of rotatable bonds is 12. The van der Waals surface area contributed by atoms with Crippen LogP contribution >= 0.6 is 0 Å². The lowest BCUT2D eigenvalue weighted by atomic mass is 9.83. The first-order valence-corrected chi connectivity index (χ1v) is 10.1. The monoisotopic (exact) mass is 357 g/mol. The molecule has 148 valence electrons. The highest BCUT2D eigenvalue weighted by Gasteiger charge is 2.25. The maximum Gasteiger partial charge on any atom is 0.220 e. The molecule has 5 nitrogen and oxygen atoms in total. The molecule has 0 aromatic carbocycles. The number of amides is 1. The summed E-state index contributed by atoms with van der Waals surface area (Å²) in [4.78, 5) is 23.6. The Labute approximate surface area is 154 Å². The van der Waals surface area contributed by atoms with Gasteiger partial charge in [0.1, 0.15) is 5.78 Å². The predicted octanol–water partition coefficient (Wildman–Crippen LogP) is 3.89. The van der Waals surface area contributed by atoms with Crippen molar-refractivity contribution in [2.75, 3.05) is 26.4 Å². The summed E-state index contributed by atoms with van der Waals surface area (Å²) in [5.41, 5.74) is 0. The van der Waals surface area contributed by atoms with Crippen LogP contribution in [0.3, 0.4) is 0 Å². The fourth-order valence-corrected chi connectivity index (χ4v) is 2.99. The molecule has 1 amide bonds. The molecule has 1 rings (SSSR count). The van der Waals surface area contributed by atoms with Gasteiger partial charge in [-0.3, -0.25) is 9.59 Å². The number of ketones is 1. The second kappa shape index (κ2) is 16.5. The molecule has 25 heavy (non-hydrogen) atoms. The normalized spacial score (nSPS) is 19.7. The highest BCUT2D eigenvalue weighted by molar-refractivity contribution is 5.80. The summed E-state index contributed by atoms with van der Waals surface area (Å²) < 4.78 is 10.7. The van der Waals surface area contributed by atoms with Gasteiger partial charge in [0, 0.05) is 51.2 Å². The van der Waals surface area contributed by atoms with Gasteiger partial charge < -0.3 is 14.8 Å². The first-order valence-electron chi connectivity index (χ1n) is 10.1. The lowest BCUT2D eigenvalue weighted by Gasteiger charge is -2.28. The number of hydrogen-bond acceptors (Lipinski definition) is 4. The van der Waals surface area contributed by atoms with Crippen molar-refractivity contribution in [1.82, 2.24) is 5.32 Å². The summed E-state index contributed by atoms with van der Waals surface area (Å²) in [7, 11) is 0. The van der Waals surface area contributed by atoms with Crippen LogP contribution in [0.4, 0.5) is 0 Å². The minimum atomic E-state index is 0.105. The number of carbonyl (C=O) groups excluding carboxylic acids is 2. The van der Waals surface area contributed by atoms with Gasteiger partial charge in [-0.15, -0.1) is 0 Å². The van der Waals surface area contributed by atoms with Crippen molar-refractivity contribution in [1.29, 1.82) is 0 Å². The van der Waals surface area contributed by atoms with E-state index in [4.69, 9.17) is 9.47 Å². The molecular formula is C20H39NO4. The molecule has 0 aliphatic heterocycles. The third-order valence-electron chi connectivity index (χ3n) is 4.37. The van der Waals surface area contributed by atoms with Crippen LogP contribution in [0.2, 0.25) is 0 Å². The van der Waals surface area contributed by atoms with Crippen LogP contribution < -0.4 is 5.32 Å². The SMILES string of the molecule is CC.CCOCCCOCCCC(=O)NC1CCC(C(=O)CC)CC1. The standard InChI is InChI=1S/C18H33NO4.C2H6/c1-3-17(20)15-8-10-16(11-9-15)19-18(21)7-5-12-23-14-6-13-22-4-2;1-2/h15-16H,3-14H2,1-2H3,(H,19,21);1-2H3. The van der Waals surface area contributed by atoms with E-state index >= 15 is 0 Å². The highest BCUT2D eigenvalue weighted by atomic mass is 16.5. The first-order chi connectivity index (χ1) is 12.2. The molecule has 0 aromatic heterocycles. The van der Waals surface area contributed by atoms with Gasteiger partial charge in [0.25, 0.3) is 0 Å². The maximum atomic E-state index is 11.9. The summed E-state index contributed by atoms with van der Waals surface area (Å²) >= 11 is 0. The Balaban J connectivity index is 0.00000277. The molecule has 1 fully saturated rings. The molecule has 1 aliphatic carbocycles. The van der Waals surface area contributed by atoms with Crippen molar-refractivity contribution < 1.29 is 19.1 Å². The van der Waals surface area contributed by atoms with Gasteiger partial charge in [-0.05, 0) is 45.4 Å². The zero-order valence-electron chi connectivity index (χ0n) is 16.8. The zero-order chi connectivity index (χ0) is 18.9. The predicted molar refractivity (Wildman–Crippen MR) is 102 cm³/mol. The van der Waals surface area contributed by atoms with Gasteiger partial charge in [0.2, 0.25) is 5.91 Å². The van der Waals surface area contributed by atoms with Gasteiger partial charge in [-0.1, -0.05) is 20.8 Å². The first kappa shape index (κ1) is 24.1. The van der Waals surface area contributed by atoms with Gasteiger partial charge in [-0.2, -0.15) is 0 Å². The van der Waals surface area contributed by atoms with Crippen LogP contribution in [0.1, 0.15) is 79.1 Å². The third kappa shape index (κ3) is 12.1. The Morgan fingerprint density at radius 2 is 1.52 bits per heavy atom. The van der Waals surface area contributed by atoms with E-state index in [0.717, 1.165) is 51.7 Å². The number of hydrogen-bond donors (Lipinski definition) is 1. The summed E-state index contributed by atoms with van der Waals surface area (Å²) in [6, 6.07) is 0.246. The van der Waals surface area contributed by atoms with E-state index in [0.29, 0.717) is 31.8 Å². The molecule has 0 saturated heterocycles. The van der Waals surface area contributed by atoms with Crippen molar-refractivity contribution in [3.05, 3.63) is 0 Å². The van der Waals surface area contributed by atoms with E-state index in [1.165, 1.54) is 0 Å². The second-order valence-corrected chi connectivity index (χ2v) is 6.20. The lowest BCUT2D eigenvalue weighted by Crippen LogP contribution is -2.38. The van der Waals surface area contributed by atoms with E-state index in [-0.39, 0.29) is 17.9 Å². The maximum absolute atomic E-state index is 11.9. The van der Waals surface area contributed by atoms with Gasteiger partial charge >= 0.3 is 0 Å². The van der Waals surface area contributed by atoms with Crippen LogP contribution in [0, 0.1) is 5.92 Å². The smallest absolute Gasteiger partial charge is 0.220 e. The highest BCUT2D eigenvalue weighted by Crippen LogP contribution is 2.25. The fourth-order valence-electron chi connectivity index (χ4n) is 2.99. The van der Waals surface area contributed by atoms with Crippen LogP contribution in [0.25, 0.3) is 0 Å². The minimum Gasteiger partial charge on any atom is -0.382 e. The Bertz CT molecular complexity index is 339. The molecule has 0 atom stereocenters. The average molecular weight is 358 g/mol. The van der Waals surface area contributed by atoms with Crippen LogP contribution in [-0.2, 0) is 19.1 Å². The molecule has 0 radical (unpaired) electrons. The largest absolute Gasteiger partial charge is 0.382 e. The van der Waals surface area contributed by atoms with E-state index in [1.807, 2.05) is 27.7 Å². The van der Waals surface area contributed by atoms with Crippen LogP contribution in [0.15, 0.2) is 0 Å². The zero-order valence-corrected chi connectivity index (χ0v) is 16.8. The van der Waals surface area contributed by atoms with Gasteiger partial charge in [-0.25, -0.2) is 0 Å². The van der Waals surface area contributed by atoms with Crippen LogP contribution in [-0.4, -0.2) is 44.2 Å². The molecule has 1 N–H and O–H groups in total. The van der Waals surface area contributed by atoms with Crippen molar-refractivity contribution in [3.8, 4) is 0 Å². The van der Waals surface area contributed by atoms with E-state index < -0.39 is 0 Å². The third-order valence-corrected chi connectivity index (χ3v) is 4.37. The number of Topliss-reactive ketones (excluding diaryl/α,β-unsaturated/α-hetero) is 1. The number of nitrogens with one attached hydrogen (secondary N) is 1. The van der Waals surface area contributed by atoms with E-state index in [9.17, 15) is 9.59 Å². The molecule has 0 heterocycles. The Hall–Kier alpha value is -0.940.